The Bertz CT molecular complexity index is 3000. The predicted molar refractivity (Wildman–Crippen MR) is 236 cm³/mol. The van der Waals surface area contributed by atoms with Crippen molar-refractivity contribution in [3.05, 3.63) is 204 Å². The number of fused-ring (bicyclic) bond motifs is 11. The molecular weight excluding hydrogens is 737 g/mol. The Morgan fingerprint density at radius 2 is 0.821 bits per heavy atom. The smallest absolute Gasteiger partial charge is 0.124 e. The molecule has 0 N–H and O–H groups in total. The van der Waals surface area contributed by atoms with E-state index in [1.807, 2.05) is 11.8 Å². The highest BCUT2D eigenvalue weighted by Crippen LogP contribution is 2.62. The highest BCUT2D eigenvalue weighted by molar-refractivity contribution is 7.99. The van der Waals surface area contributed by atoms with E-state index in [0.717, 1.165) is 43.3 Å². The maximum Gasteiger partial charge on any atom is 0.124 e. The predicted octanol–water partition coefficient (Wildman–Crippen LogP) is 14.4. The molecule has 0 amide bonds. The molecule has 2 aliphatic rings. The lowest BCUT2D eigenvalue weighted by Gasteiger charge is -2.39. The first-order valence-electron chi connectivity index (χ1n) is 18.8. The lowest BCUT2D eigenvalue weighted by Crippen LogP contribution is -2.31. The van der Waals surface area contributed by atoms with Crippen LogP contribution in [0.4, 0.5) is 0 Å². The van der Waals surface area contributed by atoms with Crippen LogP contribution in [0.3, 0.4) is 0 Å². The second kappa shape index (κ2) is 12.5. The van der Waals surface area contributed by atoms with Crippen LogP contribution in [-0.2, 0) is 5.41 Å². The molecule has 1 spiro atoms. The maximum absolute atomic E-state index is 5.08. The Hall–Kier alpha value is -6.11. The summed E-state index contributed by atoms with van der Waals surface area (Å²) in [5.41, 5.74) is 16.6. The molecule has 2 aromatic heterocycles. The highest BCUT2D eigenvalue weighted by Gasteiger charge is 2.50. The molecule has 262 valence electrons. The summed E-state index contributed by atoms with van der Waals surface area (Å²) in [6, 6.07) is 66.9. The largest absolute Gasteiger partial charge is 0.236 e. The Balaban J connectivity index is 1.02. The highest BCUT2D eigenvalue weighted by atomic mass is 32.2. The van der Waals surface area contributed by atoms with Crippen LogP contribution in [0.2, 0.25) is 0 Å². The summed E-state index contributed by atoms with van der Waals surface area (Å²) in [5.74, 6) is 0. The molecule has 0 bridgehead atoms. The van der Waals surface area contributed by atoms with Crippen LogP contribution in [0.15, 0.2) is 192 Å². The molecule has 56 heavy (non-hydrogen) atoms. The van der Waals surface area contributed by atoms with Gasteiger partial charge in [0, 0.05) is 20.9 Å². The van der Waals surface area contributed by atoms with Crippen LogP contribution >= 0.6 is 34.4 Å². The average molecular weight is 767 g/mol. The van der Waals surface area contributed by atoms with Crippen LogP contribution in [0, 0.1) is 0 Å². The molecule has 0 saturated heterocycles. The van der Waals surface area contributed by atoms with Crippen LogP contribution in [-0.4, -0.2) is 9.97 Å². The summed E-state index contributed by atoms with van der Waals surface area (Å²) >= 11 is 5.37. The SMILES string of the molecule is c1cc(-c2cc(-c3nc4ccccc4s3)cc(-c3nc4ccccc4s3)c2)cc(-c2ccc3c(c2)-c2ccccc2C32c3ccccc3Sc3ccccc32)c1. The van der Waals surface area contributed by atoms with Gasteiger partial charge in [-0.2, -0.15) is 0 Å². The second-order valence-electron chi connectivity index (χ2n) is 14.5. The molecule has 0 unspecified atom stereocenters. The fourth-order valence-corrected chi connectivity index (χ4v) is 12.0. The first kappa shape index (κ1) is 32.2. The van der Waals surface area contributed by atoms with Crippen LogP contribution < -0.4 is 0 Å². The van der Waals surface area contributed by atoms with Crippen molar-refractivity contribution in [2.75, 3.05) is 0 Å². The number of benzene rings is 8. The molecule has 12 rings (SSSR count). The van der Waals surface area contributed by atoms with Gasteiger partial charge in [-0.3, -0.25) is 0 Å². The minimum absolute atomic E-state index is 0.372. The van der Waals surface area contributed by atoms with Gasteiger partial charge in [0.15, 0.2) is 0 Å². The van der Waals surface area contributed by atoms with E-state index in [4.69, 9.17) is 9.97 Å². The molecule has 0 radical (unpaired) electrons. The van der Waals surface area contributed by atoms with Crippen LogP contribution in [0.1, 0.15) is 22.3 Å². The molecule has 1 aliphatic carbocycles. The van der Waals surface area contributed by atoms with Crippen molar-refractivity contribution in [2.45, 2.75) is 15.2 Å². The third kappa shape index (κ3) is 4.81. The number of aromatic nitrogens is 2. The lowest BCUT2D eigenvalue weighted by atomic mass is 9.67. The lowest BCUT2D eigenvalue weighted by molar-refractivity contribution is 0.722. The summed E-state index contributed by atoms with van der Waals surface area (Å²) in [5, 5.41) is 2.03. The van der Waals surface area contributed by atoms with Gasteiger partial charge in [-0.25, -0.2) is 9.97 Å². The quantitative estimate of drug-likeness (QED) is 0.178. The Labute approximate surface area is 336 Å². The number of hydrogen-bond donors (Lipinski definition) is 0. The van der Waals surface area contributed by atoms with Gasteiger partial charge in [-0.1, -0.05) is 127 Å². The van der Waals surface area contributed by atoms with E-state index in [0.29, 0.717) is 0 Å². The van der Waals surface area contributed by atoms with Crippen molar-refractivity contribution in [3.8, 4) is 54.5 Å². The van der Waals surface area contributed by atoms with Gasteiger partial charge in [0.05, 0.1) is 25.8 Å². The van der Waals surface area contributed by atoms with Gasteiger partial charge in [-0.15, -0.1) is 22.7 Å². The van der Waals surface area contributed by atoms with Crippen LogP contribution in [0.5, 0.6) is 0 Å². The fraction of sp³-hybridized carbons (Fsp3) is 0.0196. The summed E-state index contributed by atoms with van der Waals surface area (Å²) < 4.78 is 2.38. The van der Waals surface area contributed by atoms with Crippen LogP contribution in [0.25, 0.3) is 75.0 Å². The molecule has 1 aliphatic heterocycles. The summed E-state index contributed by atoms with van der Waals surface area (Å²) in [6.45, 7) is 0. The number of hydrogen-bond acceptors (Lipinski definition) is 5. The maximum atomic E-state index is 5.08. The van der Waals surface area contributed by atoms with Gasteiger partial charge in [-0.05, 0) is 122 Å². The summed E-state index contributed by atoms with van der Waals surface area (Å²) in [7, 11) is 0. The Morgan fingerprint density at radius 3 is 1.46 bits per heavy atom. The summed E-state index contributed by atoms with van der Waals surface area (Å²) in [6.07, 6.45) is 0. The van der Waals surface area contributed by atoms with E-state index >= 15 is 0 Å². The molecule has 2 nitrogen and oxygen atoms in total. The van der Waals surface area contributed by atoms with Crippen molar-refractivity contribution in [1.29, 1.82) is 0 Å². The molecule has 3 heterocycles. The zero-order valence-electron chi connectivity index (χ0n) is 29.9. The minimum Gasteiger partial charge on any atom is -0.236 e. The Kier molecular flexibility index (Phi) is 7.15. The molecular formula is C51H30N2S3. The van der Waals surface area contributed by atoms with Gasteiger partial charge >= 0.3 is 0 Å². The van der Waals surface area contributed by atoms with E-state index in [-0.39, 0.29) is 5.41 Å². The number of para-hydroxylation sites is 2. The van der Waals surface area contributed by atoms with Gasteiger partial charge in [0.1, 0.15) is 10.0 Å². The molecule has 0 saturated carbocycles. The van der Waals surface area contributed by atoms with Gasteiger partial charge < -0.3 is 0 Å². The van der Waals surface area contributed by atoms with Crippen molar-refractivity contribution < 1.29 is 0 Å². The van der Waals surface area contributed by atoms with E-state index in [1.54, 1.807) is 22.7 Å². The fourth-order valence-electron chi connectivity index (χ4n) is 8.95. The molecule has 10 aromatic rings. The van der Waals surface area contributed by atoms with Gasteiger partial charge in [0.2, 0.25) is 0 Å². The minimum atomic E-state index is -0.372. The van der Waals surface area contributed by atoms with E-state index < -0.39 is 0 Å². The summed E-state index contributed by atoms with van der Waals surface area (Å²) in [4.78, 5) is 12.8. The number of rotatable bonds is 4. The van der Waals surface area contributed by atoms with Crippen molar-refractivity contribution >= 4 is 54.9 Å². The number of thiazole rings is 2. The third-order valence-corrected chi connectivity index (χ3v) is 14.7. The first-order valence-corrected chi connectivity index (χ1v) is 21.2. The zero-order chi connectivity index (χ0) is 36.8. The van der Waals surface area contributed by atoms with Crippen molar-refractivity contribution in [1.82, 2.24) is 9.97 Å². The zero-order valence-corrected chi connectivity index (χ0v) is 32.4. The molecule has 5 heteroatoms. The first-order chi connectivity index (χ1) is 27.7. The average Bonchev–Trinajstić information content (AvgIpc) is 3.98. The van der Waals surface area contributed by atoms with E-state index in [9.17, 15) is 0 Å². The standard InChI is InChI=1S/C51H30N2S3/c1-2-15-39-37(14-1)38-30-33(24-25-40(38)51(39)41-16-3-7-20-45(41)54-46-21-8-4-17-42(46)51)31-12-11-13-32(26-31)34-27-35(49-52-43-18-5-9-22-47(43)55-49)29-36(28-34)50-53-44-19-6-10-23-48(44)56-50/h1-30H. The van der Waals surface area contributed by atoms with Crippen molar-refractivity contribution in [2.24, 2.45) is 0 Å². The van der Waals surface area contributed by atoms with E-state index in [2.05, 4.69) is 182 Å². The molecule has 8 aromatic carbocycles. The topological polar surface area (TPSA) is 25.8 Å². The Morgan fingerprint density at radius 1 is 0.339 bits per heavy atom. The third-order valence-electron chi connectivity index (χ3n) is 11.4. The molecule has 0 fully saturated rings. The normalized spacial score (nSPS) is 13.4. The monoisotopic (exact) mass is 766 g/mol. The van der Waals surface area contributed by atoms with Gasteiger partial charge in [0.25, 0.3) is 0 Å². The van der Waals surface area contributed by atoms with Crippen molar-refractivity contribution in [3.63, 3.8) is 0 Å². The number of nitrogens with zero attached hydrogens (tertiary/aromatic N) is 2. The second-order valence-corrected chi connectivity index (χ2v) is 17.6. The van der Waals surface area contributed by atoms with E-state index in [1.165, 1.54) is 63.7 Å². The molecule has 0 atom stereocenters.